The number of hydrogen-bond acceptors (Lipinski definition) is 7. The number of piperidine rings is 1. The van der Waals surface area contributed by atoms with Gasteiger partial charge >= 0.3 is 5.97 Å². The van der Waals surface area contributed by atoms with Gasteiger partial charge < -0.3 is 20.5 Å². The third-order valence-corrected chi connectivity index (χ3v) is 6.94. The molecule has 2 aromatic heterocycles. The Hall–Kier alpha value is -1.97. The number of fused-ring (bicyclic) bond motifs is 2. The van der Waals surface area contributed by atoms with Crippen LogP contribution in [0.5, 0.6) is 0 Å². The predicted octanol–water partition coefficient (Wildman–Crippen LogP) is 2.19. The van der Waals surface area contributed by atoms with E-state index < -0.39 is 11.6 Å². The SMILES string of the molecule is Nc1ncc(C(=O)N2CCC3(CC2)OCCc2cc(C(=O)O)sc23)s1. The van der Waals surface area contributed by atoms with Gasteiger partial charge in [-0.2, -0.15) is 0 Å². The van der Waals surface area contributed by atoms with Crippen LogP contribution in [0.15, 0.2) is 12.3 Å². The second-order valence-corrected chi connectivity index (χ2v) is 8.33. The zero-order valence-electron chi connectivity index (χ0n) is 13.4. The molecule has 0 saturated carbocycles. The first-order valence-electron chi connectivity index (χ1n) is 7.99. The molecule has 0 atom stereocenters. The van der Waals surface area contributed by atoms with Gasteiger partial charge in [-0.15, -0.1) is 11.3 Å². The molecule has 3 N–H and O–H groups in total. The molecule has 1 saturated heterocycles. The molecule has 2 aliphatic rings. The van der Waals surface area contributed by atoms with Gasteiger partial charge in [0.1, 0.15) is 15.4 Å². The van der Waals surface area contributed by atoms with Crippen molar-refractivity contribution in [2.24, 2.45) is 0 Å². The zero-order valence-corrected chi connectivity index (χ0v) is 15.0. The summed E-state index contributed by atoms with van der Waals surface area (Å²) in [6, 6.07) is 1.77. The van der Waals surface area contributed by atoms with Crippen LogP contribution in [0.2, 0.25) is 0 Å². The molecule has 1 spiro atoms. The number of rotatable bonds is 2. The van der Waals surface area contributed by atoms with Gasteiger partial charge in [0, 0.05) is 18.0 Å². The molecule has 2 aliphatic heterocycles. The van der Waals surface area contributed by atoms with E-state index in [0.717, 1.165) is 16.9 Å². The molecule has 25 heavy (non-hydrogen) atoms. The van der Waals surface area contributed by atoms with Crippen LogP contribution in [0.4, 0.5) is 5.13 Å². The van der Waals surface area contributed by atoms with Gasteiger partial charge in [0.25, 0.3) is 5.91 Å². The summed E-state index contributed by atoms with van der Waals surface area (Å²) in [5.41, 5.74) is 6.22. The normalized spacial score (nSPS) is 19.0. The molecular weight excluding hydrogens is 362 g/mol. The summed E-state index contributed by atoms with van der Waals surface area (Å²) in [7, 11) is 0. The molecule has 9 heteroatoms. The lowest BCUT2D eigenvalue weighted by atomic mass is 9.85. The number of carboxylic acid groups (broad SMARTS) is 1. The van der Waals surface area contributed by atoms with Crippen molar-refractivity contribution in [1.29, 1.82) is 0 Å². The highest BCUT2D eigenvalue weighted by molar-refractivity contribution is 7.17. The Kier molecular flexibility index (Phi) is 4.01. The van der Waals surface area contributed by atoms with Crippen molar-refractivity contribution in [2.45, 2.75) is 24.9 Å². The van der Waals surface area contributed by atoms with E-state index in [-0.39, 0.29) is 5.91 Å². The first-order chi connectivity index (χ1) is 12.0. The fourth-order valence-electron chi connectivity index (χ4n) is 3.51. The van der Waals surface area contributed by atoms with Gasteiger partial charge in [-0.3, -0.25) is 4.79 Å². The van der Waals surface area contributed by atoms with Crippen molar-refractivity contribution >= 4 is 39.7 Å². The molecular formula is C16H17N3O4S2. The van der Waals surface area contributed by atoms with Crippen LogP contribution < -0.4 is 5.73 Å². The number of amides is 1. The van der Waals surface area contributed by atoms with Gasteiger partial charge in [0.2, 0.25) is 0 Å². The number of carbonyl (C=O) groups excluding carboxylic acids is 1. The van der Waals surface area contributed by atoms with Crippen LogP contribution in [-0.4, -0.2) is 46.6 Å². The summed E-state index contributed by atoms with van der Waals surface area (Å²) >= 11 is 2.50. The predicted molar refractivity (Wildman–Crippen MR) is 94.3 cm³/mol. The number of thiazole rings is 1. The first-order valence-corrected chi connectivity index (χ1v) is 9.63. The van der Waals surface area contributed by atoms with Crippen molar-refractivity contribution in [1.82, 2.24) is 9.88 Å². The molecule has 0 bridgehead atoms. The standard InChI is InChI=1S/C16H17N3O4S2/c17-15-18-8-11(25-15)13(20)19-4-2-16(3-5-19)12-9(1-6-23-16)7-10(24-12)14(21)22/h7-8H,1-6H2,(H2,17,18)(H,21,22). The van der Waals surface area contributed by atoms with Gasteiger partial charge in [-0.1, -0.05) is 11.3 Å². The van der Waals surface area contributed by atoms with E-state index in [1.165, 1.54) is 28.9 Å². The molecule has 1 fully saturated rings. The summed E-state index contributed by atoms with van der Waals surface area (Å²) in [5, 5.41) is 9.65. The number of nitrogens with two attached hydrogens (primary N) is 1. The van der Waals surface area contributed by atoms with Gasteiger partial charge in [0.05, 0.1) is 12.8 Å². The largest absolute Gasteiger partial charge is 0.477 e. The third-order valence-electron chi connectivity index (χ3n) is 4.78. The molecule has 0 unspecified atom stereocenters. The molecule has 132 valence electrons. The van der Waals surface area contributed by atoms with Crippen molar-refractivity contribution in [3.05, 3.63) is 32.5 Å². The van der Waals surface area contributed by atoms with Crippen molar-refractivity contribution in [2.75, 3.05) is 25.4 Å². The first kappa shape index (κ1) is 16.5. The highest BCUT2D eigenvalue weighted by Crippen LogP contribution is 2.45. The lowest BCUT2D eigenvalue weighted by molar-refractivity contribution is -0.0905. The minimum absolute atomic E-state index is 0.0579. The lowest BCUT2D eigenvalue weighted by Gasteiger charge is -2.43. The fraction of sp³-hybridized carbons (Fsp3) is 0.438. The van der Waals surface area contributed by atoms with E-state index in [1.807, 2.05) is 0 Å². The monoisotopic (exact) mass is 379 g/mol. The molecule has 1 amide bonds. The number of carboxylic acids is 1. The Morgan fingerprint density at radius 3 is 2.68 bits per heavy atom. The summed E-state index contributed by atoms with van der Waals surface area (Å²) in [4.78, 5) is 31.5. The van der Waals surface area contributed by atoms with Crippen LogP contribution >= 0.6 is 22.7 Å². The minimum atomic E-state index is -0.898. The number of anilines is 1. The quantitative estimate of drug-likeness (QED) is 0.828. The van der Waals surface area contributed by atoms with E-state index in [2.05, 4.69) is 4.98 Å². The number of thiophene rings is 1. The molecule has 0 radical (unpaired) electrons. The van der Waals surface area contributed by atoms with Crippen molar-refractivity contribution < 1.29 is 19.4 Å². The summed E-state index contributed by atoms with van der Waals surface area (Å²) in [6.45, 7) is 1.72. The smallest absolute Gasteiger partial charge is 0.345 e. The maximum atomic E-state index is 12.5. The Morgan fingerprint density at radius 1 is 1.28 bits per heavy atom. The molecule has 4 heterocycles. The van der Waals surface area contributed by atoms with Crippen molar-refractivity contribution in [3.63, 3.8) is 0 Å². The lowest BCUT2D eigenvalue weighted by Crippen LogP contribution is -2.47. The number of nitrogens with zero attached hydrogens (tertiary/aromatic N) is 2. The van der Waals surface area contributed by atoms with E-state index in [0.29, 0.717) is 47.4 Å². The highest BCUT2D eigenvalue weighted by atomic mass is 32.1. The second kappa shape index (κ2) is 6.08. The Balaban J connectivity index is 1.54. The van der Waals surface area contributed by atoms with E-state index in [4.69, 9.17) is 10.5 Å². The Morgan fingerprint density at radius 2 is 2.04 bits per heavy atom. The van der Waals surface area contributed by atoms with Gasteiger partial charge in [-0.25, -0.2) is 9.78 Å². The number of hydrogen-bond donors (Lipinski definition) is 2. The number of nitrogen functional groups attached to an aromatic ring is 1. The fourth-order valence-corrected chi connectivity index (χ4v) is 5.41. The van der Waals surface area contributed by atoms with E-state index in [1.54, 1.807) is 11.0 Å². The Bertz CT molecular complexity index is 836. The van der Waals surface area contributed by atoms with Crippen LogP contribution in [0.3, 0.4) is 0 Å². The Labute approximate surface area is 152 Å². The second-order valence-electron chi connectivity index (χ2n) is 6.22. The summed E-state index contributed by atoms with van der Waals surface area (Å²) < 4.78 is 6.11. The van der Waals surface area contributed by atoms with Crippen LogP contribution in [0, 0.1) is 0 Å². The van der Waals surface area contributed by atoms with Crippen LogP contribution in [-0.2, 0) is 16.8 Å². The maximum absolute atomic E-state index is 12.5. The van der Waals surface area contributed by atoms with Gasteiger partial charge in [-0.05, 0) is 30.9 Å². The molecule has 0 aromatic carbocycles. The topological polar surface area (TPSA) is 106 Å². The molecule has 2 aromatic rings. The molecule has 7 nitrogen and oxygen atoms in total. The minimum Gasteiger partial charge on any atom is -0.477 e. The maximum Gasteiger partial charge on any atom is 0.345 e. The molecule has 4 rings (SSSR count). The number of aromatic nitrogens is 1. The number of aromatic carboxylic acids is 1. The zero-order chi connectivity index (χ0) is 17.6. The van der Waals surface area contributed by atoms with Gasteiger partial charge in [0.15, 0.2) is 5.13 Å². The van der Waals surface area contributed by atoms with Crippen LogP contribution in [0.1, 0.15) is 42.6 Å². The molecule has 0 aliphatic carbocycles. The number of ether oxygens (including phenoxy) is 1. The average Bonchev–Trinajstić information content (AvgIpc) is 3.22. The average molecular weight is 379 g/mol. The van der Waals surface area contributed by atoms with Crippen LogP contribution in [0.25, 0.3) is 0 Å². The van der Waals surface area contributed by atoms with E-state index >= 15 is 0 Å². The van der Waals surface area contributed by atoms with E-state index in [9.17, 15) is 14.7 Å². The summed E-state index contributed by atoms with van der Waals surface area (Å²) in [6.07, 6.45) is 3.59. The number of carbonyl (C=O) groups is 2. The third kappa shape index (κ3) is 2.82. The van der Waals surface area contributed by atoms with Crippen molar-refractivity contribution in [3.8, 4) is 0 Å². The summed E-state index contributed by atoms with van der Waals surface area (Å²) in [5.74, 6) is -0.956. The highest BCUT2D eigenvalue weighted by Gasteiger charge is 2.43. The number of likely N-dealkylation sites (tertiary alicyclic amines) is 1.